The summed E-state index contributed by atoms with van der Waals surface area (Å²) in [5.74, 6) is 0. The third-order valence-corrected chi connectivity index (χ3v) is 3.09. The molecular formula is C9H15N2O3P. The molecule has 1 heterocycles. The van der Waals surface area contributed by atoms with E-state index in [2.05, 4.69) is 5.20 Å². The molecule has 5 nitrogen and oxygen atoms in total. The molecule has 15 heavy (non-hydrogen) atoms. The Morgan fingerprint density at radius 2 is 1.67 bits per heavy atom. The van der Waals surface area contributed by atoms with E-state index in [0.717, 1.165) is 0 Å². The van der Waals surface area contributed by atoms with E-state index in [1.807, 2.05) is 6.07 Å². The lowest BCUT2D eigenvalue weighted by Gasteiger charge is -2.24. The molecular weight excluding hydrogens is 215 g/mol. The van der Waals surface area contributed by atoms with Gasteiger partial charge in [0.2, 0.25) is 0 Å². The summed E-state index contributed by atoms with van der Waals surface area (Å²) in [5, 5.41) is 3.90. The maximum Gasteiger partial charge on any atom is 0.313 e. The van der Waals surface area contributed by atoms with E-state index in [1.54, 1.807) is 38.4 Å². The lowest BCUT2D eigenvalue weighted by Crippen LogP contribution is -2.27. The molecule has 1 aromatic rings. The minimum Gasteiger partial charge on any atom is -0.328 e. The smallest absolute Gasteiger partial charge is 0.313 e. The molecule has 0 aliphatic heterocycles. The van der Waals surface area contributed by atoms with Crippen LogP contribution in [0.3, 0.4) is 0 Å². The second-order valence-electron chi connectivity index (χ2n) is 2.65. The maximum atomic E-state index is 12.0. The van der Waals surface area contributed by atoms with Crippen LogP contribution in [0.2, 0.25) is 0 Å². The van der Waals surface area contributed by atoms with Gasteiger partial charge in [0, 0.05) is 12.1 Å². The van der Waals surface area contributed by atoms with Crippen LogP contribution in [-0.2, 0) is 13.6 Å². The SMILES string of the molecule is CCOP(=O)([N-][n+]1ccccc1)OCC. The third kappa shape index (κ3) is 4.00. The Morgan fingerprint density at radius 1 is 1.13 bits per heavy atom. The zero-order chi connectivity index (χ0) is 11.1. The van der Waals surface area contributed by atoms with Crippen molar-refractivity contribution in [1.29, 1.82) is 0 Å². The number of rotatable bonds is 6. The summed E-state index contributed by atoms with van der Waals surface area (Å²) >= 11 is 0. The van der Waals surface area contributed by atoms with Crippen LogP contribution in [0.1, 0.15) is 13.8 Å². The predicted molar refractivity (Wildman–Crippen MR) is 56.3 cm³/mol. The Balaban J connectivity index is 2.71. The van der Waals surface area contributed by atoms with Crippen LogP contribution < -0.4 is 4.68 Å². The molecule has 1 aromatic heterocycles. The molecule has 1 rings (SSSR count). The summed E-state index contributed by atoms with van der Waals surface area (Å²) in [4.78, 5) is 0. The lowest BCUT2D eigenvalue weighted by molar-refractivity contribution is -0.615. The molecule has 84 valence electrons. The molecule has 0 fully saturated rings. The van der Waals surface area contributed by atoms with E-state index < -0.39 is 7.75 Å². The van der Waals surface area contributed by atoms with E-state index in [-0.39, 0.29) is 0 Å². The summed E-state index contributed by atoms with van der Waals surface area (Å²) in [6.45, 7) is 4.09. The monoisotopic (exact) mass is 230 g/mol. The molecule has 6 heteroatoms. The van der Waals surface area contributed by atoms with Crippen LogP contribution in [0.15, 0.2) is 30.6 Å². The average molecular weight is 230 g/mol. The van der Waals surface area contributed by atoms with Crippen molar-refractivity contribution in [2.24, 2.45) is 0 Å². The van der Waals surface area contributed by atoms with Gasteiger partial charge in [-0.15, -0.1) is 0 Å². The first-order valence-electron chi connectivity index (χ1n) is 4.79. The molecule has 0 unspecified atom stereocenters. The first-order chi connectivity index (χ1) is 7.20. The average Bonchev–Trinajstić information content (AvgIpc) is 2.19. The quantitative estimate of drug-likeness (QED) is 0.556. The van der Waals surface area contributed by atoms with Crippen molar-refractivity contribution in [3.05, 3.63) is 35.8 Å². The molecule has 0 aromatic carbocycles. The molecule has 0 aliphatic carbocycles. The Hall–Kier alpha value is -0.900. The maximum absolute atomic E-state index is 12.0. The number of pyridine rings is 1. The number of aromatic nitrogens is 1. The van der Waals surface area contributed by atoms with Crippen LogP contribution in [0, 0.1) is 0 Å². The summed E-state index contributed by atoms with van der Waals surface area (Å²) in [6.07, 6.45) is 3.34. The van der Waals surface area contributed by atoms with Gasteiger partial charge in [-0.1, -0.05) is 6.07 Å². The molecule has 0 aliphatic rings. The summed E-state index contributed by atoms with van der Waals surface area (Å²) in [5.41, 5.74) is 0. The number of nitrogens with zero attached hydrogens (tertiary/aromatic N) is 2. The number of hydrogen-bond acceptors (Lipinski definition) is 3. The minimum absolute atomic E-state index is 0.300. The van der Waals surface area contributed by atoms with Crippen LogP contribution in [0.5, 0.6) is 0 Å². The normalized spacial score (nSPS) is 11.3. The standard InChI is InChI=1S/C9H15N2O3P/c1-3-13-15(12,14-4-2)10-11-8-6-5-7-9-11/h5-9H,3-4H2,1-2H3. The first kappa shape index (κ1) is 12.2. The van der Waals surface area contributed by atoms with Crippen molar-refractivity contribution in [3.63, 3.8) is 0 Å². The van der Waals surface area contributed by atoms with Crippen molar-refractivity contribution in [1.82, 2.24) is 0 Å². The van der Waals surface area contributed by atoms with Crippen molar-refractivity contribution in [2.75, 3.05) is 13.2 Å². The number of hydrogen-bond donors (Lipinski definition) is 0. The van der Waals surface area contributed by atoms with Crippen LogP contribution in [0.4, 0.5) is 0 Å². The summed E-state index contributed by atoms with van der Waals surface area (Å²) in [6, 6.07) is 5.41. The Morgan fingerprint density at radius 3 is 2.13 bits per heavy atom. The Bertz CT molecular complexity index is 321. The molecule has 0 amide bonds. The largest absolute Gasteiger partial charge is 0.328 e. The highest BCUT2D eigenvalue weighted by atomic mass is 31.2. The highest BCUT2D eigenvalue weighted by Gasteiger charge is 2.15. The summed E-state index contributed by atoms with van der Waals surface area (Å²) in [7, 11) is -3.35. The van der Waals surface area contributed by atoms with E-state index in [4.69, 9.17) is 9.05 Å². The van der Waals surface area contributed by atoms with Gasteiger partial charge in [-0.05, 0) is 13.8 Å². The van der Waals surface area contributed by atoms with Crippen molar-refractivity contribution in [3.8, 4) is 0 Å². The summed E-state index contributed by atoms with van der Waals surface area (Å²) < 4.78 is 23.4. The van der Waals surface area contributed by atoms with Gasteiger partial charge in [0.25, 0.3) is 0 Å². The molecule has 0 radical (unpaired) electrons. The molecule has 0 spiro atoms. The topological polar surface area (TPSA) is 53.5 Å². The molecule has 0 N–H and O–H groups in total. The van der Waals surface area contributed by atoms with Crippen molar-refractivity contribution >= 4 is 7.75 Å². The van der Waals surface area contributed by atoms with Gasteiger partial charge in [0.05, 0.1) is 13.2 Å². The van der Waals surface area contributed by atoms with Crippen molar-refractivity contribution in [2.45, 2.75) is 13.8 Å². The van der Waals surface area contributed by atoms with Gasteiger partial charge >= 0.3 is 7.75 Å². The van der Waals surface area contributed by atoms with Gasteiger partial charge in [0.15, 0.2) is 12.4 Å². The van der Waals surface area contributed by atoms with E-state index >= 15 is 0 Å². The second-order valence-corrected chi connectivity index (χ2v) is 4.28. The van der Waals surface area contributed by atoms with Crippen molar-refractivity contribution < 1.29 is 18.3 Å². The predicted octanol–water partition coefficient (Wildman–Crippen LogP) is 2.29. The third-order valence-electron chi connectivity index (χ3n) is 1.50. The van der Waals surface area contributed by atoms with Gasteiger partial charge in [-0.2, -0.15) is 0 Å². The van der Waals surface area contributed by atoms with Crippen LogP contribution >= 0.6 is 7.75 Å². The Kier molecular flexibility index (Phi) is 4.75. The highest BCUT2D eigenvalue weighted by Crippen LogP contribution is 2.52. The van der Waals surface area contributed by atoms with E-state index in [0.29, 0.717) is 13.2 Å². The minimum atomic E-state index is -3.35. The fourth-order valence-corrected chi connectivity index (χ4v) is 2.19. The lowest BCUT2D eigenvalue weighted by atomic mass is 10.5. The van der Waals surface area contributed by atoms with Gasteiger partial charge in [-0.25, -0.2) is 4.68 Å². The molecule has 0 atom stereocenters. The van der Waals surface area contributed by atoms with Gasteiger partial charge in [0.1, 0.15) is 0 Å². The van der Waals surface area contributed by atoms with E-state index in [1.165, 1.54) is 4.68 Å². The van der Waals surface area contributed by atoms with Crippen LogP contribution in [0.25, 0.3) is 5.20 Å². The highest BCUT2D eigenvalue weighted by molar-refractivity contribution is 7.56. The zero-order valence-electron chi connectivity index (χ0n) is 8.87. The fourth-order valence-electron chi connectivity index (χ4n) is 0.991. The zero-order valence-corrected chi connectivity index (χ0v) is 9.76. The van der Waals surface area contributed by atoms with Gasteiger partial charge < -0.3 is 14.2 Å². The first-order valence-corrected chi connectivity index (χ1v) is 6.28. The molecule has 0 saturated carbocycles. The van der Waals surface area contributed by atoms with Crippen LogP contribution in [-0.4, -0.2) is 13.2 Å². The molecule has 0 bridgehead atoms. The Labute approximate surface area is 89.6 Å². The van der Waals surface area contributed by atoms with E-state index in [9.17, 15) is 4.57 Å². The second kappa shape index (κ2) is 5.85. The fraction of sp³-hybridized carbons (Fsp3) is 0.444. The molecule has 0 saturated heterocycles. The van der Waals surface area contributed by atoms with Gasteiger partial charge in [-0.3, -0.25) is 4.57 Å².